The standard InChI is InChI=1S/C14H20N2/c15-8-7-12-10-16(9-11-5-6-11)14-4-2-1-3-13(12)14/h1-4,11-12H,5-10,15H2. The molecule has 0 bridgehead atoms. The van der Waals surface area contributed by atoms with E-state index in [2.05, 4.69) is 29.2 Å². The molecule has 1 heterocycles. The first kappa shape index (κ1) is 10.2. The Morgan fingerprint density at radius 1 is 1.25 bits per heavy atom. The van der Waals surface area contributed by atoms with Crippen molar-refractivity contribution in [3.63, 3.8) is 0 Å². The van der Waals surface area contributed by atoms with Gasteiger partial charge in [-0.2, -0.15) is 0 Å². The molecule has 0 radical (unpaired) electrons. The predicted molar refractivity (Wildman–Crippen MR) is 67.8 cm³/mol. The van der Waals surface area contributed by atoms with Crippen molar-refractivity contribution < 1.29 is 0 Å². The van der Waals surface area contributed by atoms with E-state index >= 15 is 0 Å². The largest absolute Gasteiger partial charge is 0.370 e. The minimum atomic E-state index is 0.667. The van der Waals surface area contributed by atoms with Crippen molar-refractivity contribution in [2.24, 2.45) is 11.7 Å². The van der Waals surface area contributed by atoms with E-state index < -0.39 is 0 Å². The van der Waals surface area contributed by atoms with Gasteiger partial charge in [0.1, 0.15) is 0 Å². The monoisotopic (exact) mass is 216 g/mol. The van der Waals surface area contributed by atoms with Crippen molar-refractivity contribution in [3.05, 3.63) is 29.8 Å². The Hall–Kier alpha value is -1.02. The van der Waals surface area contributed by atoms with Crippen LogP contribution in [0.4, 0.5) is 5.69 Å². The van der Waals surface area contributed by atoms with Gasteiger partial charge in [0.15, 0.2) is 0 Å². The summed E-state index contributed by atoms with van der Waals surface area (Å²) in [4.78, 5) is 2.58. The van der Waals surface area contributed by atoms with Gasteiger partial charge in [-0.05, 0) is 43.4 Å². The summed E-state index contributed by atoms with van der Waals surface area (Å²) in [5.41, 5.74) is 8.69. The summed E-state index contributed by atoms with van der Waals surface area (Å²) < 4.78 is 0. The molecule has 1 aromatic carbocycles. The first-order valence-electron chi connectivity index (χ1n) is 6.42. The molecule has 1 fully saturated rings. The highest BCUT2D eigenvalue weighted by Gasteiger charge is 2.31. The van der Waals surface area contributed by atoms with Crippen LogP contribution in [0.2, 0.25) is 0 Å². The van der Waals surface area contributed by atoms with E-state index in [9.17, 15) is 0 Å². The second kappa shape index (κ2) is 4.10. The molecule has 0 aromatic heterocycles. The molecule has 1 saturated carbocycles. The Morgan fingerprint density at radius 3 is 2.81 bits per heavy atom. The van der Waals surface area contributed by atoms with E-state index in [0.717, 1.165) is 18.9 Å². The van der Waals surface area contributed by atoms with Crippen LogP contribution < -0.4 is 10.6 Å². The Kier molecular flexibility index (Phi) is 2.60. The van der Waals surface area contributed by atoms with Gasteiger partial charge >= 0.3 is 0 Å². The molecule has 2 N–H and O–H groups in total. The van der Waals surface area contributed by atoms with Crippen LogP contribution in [-0.2, 0) is 0 Å². The van der Waals surface area contributed by atoms with Gasteiger partial charge in [0.25, 0.3) is 0 Å². The Bertz CT molecular complexity index is 371. The highest BCUT2D eigenvalue weighted by Crippen LogP contribution is 2.40. The van der Waals surface area contributed by atoms with Crippen LogP contribution in [0.3, 0.4) is 0 Å². The highest BCUT2D eigenvalue weighted by molar-refractivity contribution is 5.60. The van der Waals surface area contributed by atoms with Crippen molar-refractivity contribution in [2.75, 3.05) is 24.5 Å². The van der Waals surface area contributed by atoms with E-state index in [1.165, 1.54) is 37.2 Å². The molecule has 1 aliphatic heterocycles. The summed E-state index contributed by atoms with van der Waals surface area (Å²) >= 11 is 0. The van der Waals surface area contributed by atoms with Crippen molar-refractivity contribution in [1.82, 2.24) is 0 Å². The average molecular weight is 216 g/mol. The zero-order valence-electron chi connectivity index (χ0n) is 9.73. The second-order valence-electron chi connectivity index (χ2n) is 5.18. The van der Waals surface area contributed by atoms with Crippen LogP contribution in [-0.4, -0.2) is 19.6 Å². The van der Waals surface area contributed by atoms with Gasteiger partial charge in [-0.3, -0.25) is 0 Å². The van der Waals surface area contributed by atoms with Gasteiger partial charge in [-0.1, -0.05) is 18.2 Å². The number of fused-ring (bicyclic) bond motifs is 1. The number of nitrogens with two attached hydrogens (primary N) is 1. The molecule has 1 atom stereocenters. The summed E-state index contributed by atoms with van der Waals surface area (Å²) in [7, 11) is 0. The molecule has 0 amide bonds. The fourth-order valence-corrected chi connectivity index (χ4v) is 2.82. The quantitative estimate of drug-likeness (QED) is 0.837. The third-order valence-electron chi connectivity index (χ3n) is 3.85. The number of nitrogens with zero attached hydrogens (tertiary/aromatic N) is 1. The maximum absolute atomic E-state index is 5.71. The van der Waals surface area contributed by atoms with Crippen LogP contribution in [0.5, 0.6) is 0 Å². The van der Waals surface area contributed by atoms with Gasteiger partial charge in [0, 0.05) is 24.7 Å². The Balaban J connectivity index is 1.82. The lowest BCUT2D eigenvalue weighted by atomic mass is 9.98. The number of hydrogen-bond acceptors (Lipinski definition) is 2. The van der Waals surface area contributed by atoms with E-state index in [1.54, 1.807) is 0 Å². The fraction of sp³-hybridized carbons (Fsp3) is 0.571. The van der Waals surface area contributed by atoms with Crippen molar-refractivity contribution in [1.29, 1.82) is 0 Å². The maximum Gasteiger partial charge on any atom is 0.0402 e. The smallest absolute Gasteiger partial charge is 0.0402 e. The molecular formula is C14H20N2. The minimum absolute atomic E-state index is 0.667. The van der Waals surface area contributed by atoms with Crippen LogP contribution in [0.1, 0.15) is 30.7 Å². The van der Waals surface area contributed by atoms with Gasteiger partial charge in [-0.15, -0.1) is 0 Å². The first-order valence-corrected chi connectivity index (χ1v) is 6.42. The molecule has 1 aromatic rings. The first-order chi connectivity index (χ1) is 7.88. The highest BCUT2D eigenvalue weighted by atomic mass is 15.2. The molecule has 16 heavy (non-hydrogen) atoms. The SMILES string of the molecule is NCCC1CN(CC2CC2)c2ccccc21. The van der Waals surface area contributed by atoms with E-state index in [1.807, 2.05) is 0 Å². The van der Waals surface area contributed by atoms with Crippen LogP contribution in [0.15, 0.2) is 24.3 Å². The van der Waals surface area contributed by atoms with Crippen molar-refractivity contribution >= 4 is 5.69 Å². The fourth-order valence-electron chi connectivity index (χ4n) is 2.82. The van der Waals surface area contributed by atoms with Crippen LogP contribution in [0.25, 0.3) is 0 Å². The van der Waals surface area contributed by atoms with Gasteiger partial charge in [-0.25, -0.2) is 0 Å². The zero-order chi connectivity index (χ0) is 11.0. The molecule has 2 aliphatic rings. The molecule has 2 nitrogen and oxygen atoms in total. The third-order valence-corrected chi connectivity index (χ3v) is 3.85. The lowest BCUT2D eigenvalue weighted by Crippen LogP contribution is -2.24. The summed E-state index contributed by atoms with van der Waals surface area (Å²) in [5, 5.41) is 0. The van der Waals surface area contributed by atoms with Gasteiger partial charge in [0.05, 0.1) is 0 Å². The lowest BCUT2D eigenvalue weighted by molar-refractivity contribution is 0.631. The van der Waals surface area contributed by atoms with E-state index in [0.29, 0.717) is 5.92 Å². The molecular weight excluding hydrogens is 196 g/mol. The number of rotatable bonds is 4. The molecule has 0 saturated heterocycles. The minimum Gasteiger partial charge on any atom is -0.370 e. The Labute approximate surface area is 97.4 Å². The number of para-hydroxylation sites is 1. The van der Waals surface area contributed by atoms with Crippen LogP contribution in [0, 0.1) is 5.92 Å². The van der Waals surface area contributed by atoms with E-state index in [4.69, 9.17) is 5.73 Å². The molecule has 1 aliphatic carbocycles. The average Bonchev–Trinajstić information content (AvgIpc) is 3.05. The summed E-state index contributed by atoms with van der Waals surface area (Å²) in [6, 6.07) is 8.86. The van der Waals surface area contributed by atoms with Crippen LogP contribution >= 0.6 is 0 Å². The molecule has 86 valence electrons. The number of benzene rings is 1. The zero-order valence-corrected chi connectivity index (χ0v) is 9.73. The lowest BCUT2D eigenvalue weighted by Gasteiger charge is -2.19. The Morgan fingerprint density at radius 2 is 2.06 bits per heavy atom. The van der Waals surface area contributed by atoms with Crippen molar-refractivity contribution in [2.45, 2.75) is 25.2 Å². The molecule has 2 heteroatoms. The molecule has 1 unspecified atom stereocenters. The molecule has 3 rings (SSSR count). The number of anilines is 1. The predicted octanol–water partition coefficient (Wildman–Crippen LogP) is 2.35. The summed E-state index contributed by atoms with van der Waals surface area (Å²) in [6.07, 6.45) is 3.98. The summed E-state index contributed by atoms with van der Waals surface area (Å²) in [6.45, 7) is 3.25. The van der Waals surface area contributed by atoms with Crippen molar-refractivity contribution in [3.8, 4) is 0 Å². The second-order valence-corrected chi connectivity index (χ2v) is 5.18. The summed E-state index contributed by atoms with van der Waals surface area (Å²) in [5.74, 6) is 1.63. The maximum atomic E-state index is 5.71. The van der Waals surface area contributed by atoms with Gasteiger partial charge in [0.2, 0.25) is 0 Å². The topological polar surface area (TPSA) is 29.3 Å². The normalized spacial score (nSPS) is 23.6. The molecule has 0 spiro atoms. The van der Waals surface area contributed by atoms with Gasteiger partial charge < -0.3 is 10.6 Å². The third kappa shape index (κ3) is 1.82. The van der Waals surface area contributed by atoms with E-state index in [-0.39, 0.29) is 0 Å². The number of hydrogen-bond donors (Lipinski definition) is 1.